The van der Waals surface area contributed by atoms with E-state index >= 15 is 0 Å². The fourth-order valence-corrected chi connectivity index (χ4v) is 2.46. The molecule has 1 N–H and O–H groups in total. The summed E-state index contributed by atoms with van der Waals surface area (Å²) in [6.45, 7) is 0.750. The molecule has 5 nitrogen and oxygen atoms in total. The third-order valence-electron chi connectivity index (χ3n) is 3.04. The first-order valence-electron chi connectivity index (χ1n) is 6.57. The molecule has 1 heterocycles. The molecule has 0 aromatic heterocycles. The molecule has 0 aliphatic carbocycles. The second kappa shape index (κ2) is 7.51. The van der Waals surface area contributed by atoms with Crippen LogP contribution in [0.25, 0.3) is 0 Å². The topological polar surface area (TPSA) is 64.6 Å². The van der Waals surface area contributed by atoms with Gasteiger partial charge in [-0.2, -0.15) is 0 Å². The van der Waals surface area contributed by atoms with Gasteiger partial charge in [-0.15, -0.1) is 0 Å². The van der Waals surface area contributed by atoms with Crippen LogP contribution < -0.4 is 5.32 Å². The predicted molar refractivity (Wildman–Crippen MR) is 76.4 cm³/mol. The molecule has 0 bridgehead atoms. The molecule has 1 aromatic carbocycles. The third-order valence-corrected chi connectivity index (χ3v) is 3.69. The first kappa shape index (κ1) is 15.9. The van der Waals surface area contributed by atoms with Crippen molar-refractivity contribution in [2.24, 2.45) is 0 Å². The average Bonchev–Trinajstić information content (AvgIpc) is 2.95. The maximum Gasteiger partial charge on any atom is 0.339 e. The molecule has 0 spiro atoms. The number of hydrogen-bond acceptors (Lipinski definition) is 4. The summed E-state index contributed by atoms with van der Waals surface area (Å²) in [5.74, 6) is -1.54. The third kappa shape index (κ3) is 4.78. The van der Waals surface area contributed by atoms with Crippen molar-refractivity contribution in [3.63, 3.8) is 0 Å². The number of halogens is 2. The lowest BCUT2D eigenvalue weighted by Crippen LogP contribution is -2.34. The quantitative estimate of drug-likeness (QED) is 0.817. The van der Waals surface area contributed by atoms with Crippen molar-refractivity contribution < 1.29 is 23.5 Å². The van der Waals surface area contributed by atoms with E-state index in [1.165, 1.54) is 6.07 Å². The molecule has 2 rings (SSSR count). The first-order valence-corrected chi connectivity index (χ1v) is 7.36. The summed E-state index contributed by atoms with van der Waals surface area (Å²) in [5, 5.41) is 2.64. The Kier molecular flexibility index (Phi) is 5.69. The van der Waals surface area contributed by atoms with Gasteiger partial charge in [-0.3, -0.25) is 4.79 Å². The summed E-state index contributed by atoms with van der Waals surface area (Å²) in [6.07, 6.45) is 1.95. The lowest BCUT2D eigenvalue weighted by atomic mass is 10.2. The second-order valence-corrected chi connectivity index (χ2v) is 5.49. The highest BCUT2D eigenvalue weighted by Gasteiger charge is 2.17. The SMILES string of the molecule is O=C(COC(=O)c1ccc(F)cc1Br)NC[C@@H]1CCCO1. The van der Waals surface area contributed by atoms with Gasteiger partial charge in [-0.25, -0.2) is 9.18 Å². The summed E-state index contributed by atoms with van der Waals surface area (Å²) < 4.78 is 23.4. The van der Waals surface area contributed by atoms with Crippen molar-refractivity contribution in [2.75, 3.05) is 19.8 Å². The molecule has 1 saturated heterocycles. The Balaban J connectivity index is 1.76. The van der Waals surface area contributed by atoms with E-state index in [4.69, 9.17) is 9.47 Å². The zero-order valence-electron chi connectivity index (χ0n) is 11.2. The molecule has 1 amide bonds. The molecule has 0 saturated carbocycles. The van der Waals surface area contributed by atoms with Crippen LogP contribution in [0.3, 0.4) is 0 Å². The van der Waals surface area contributed by atoms with Crippen LogP contribution in [0, 0.1) is 5.82 Å². The molecule has 1 aliphatic heterocycles. The van der Waals surface area contributed by atoms with Gasteiger partial charge in [-0.05, 0) is 47.0 Å². The van der Waals surface area contributed by atoms with Crippen LogP contribution in [0.4, 0.5) is 4.39 Å². The molecule has 7 heteroatoms. The van der Waals surface area contributed by atoms with Gasteiger partial charge < -0.3 is 14.8 Å². The average molecular weight is 360 g/mol. The maximum atomic E-state index is 12.9. The Bertz CT molecular complexity index is 532. The number of esters is 1. The molecular weight excluding hydrogens is 345 g/mol. The number of benzene rings is 1. The van der Waals surface area contributed by atoms with Gasteiger partial charge >= 0.3 is 5.97 Å². The van der Waals surface area contributed by atoms with Gasteiger partial charge in [-0.1, -0.05) is 0 Å². The monoisotopic (exact) mass is 359 g/mol. The lowest BCUT2D eigenvalue weighted by molar-refractivity contribution is -0.124. The minimum absolute atomic E-state index is 0.0379. The Morgan fingerprint density at radius 3 is 2.95 bits per heavy atom. The normalized spacial score (nSPS) is 17.5. The van der Waals surface area contributed by atoms with E-state index < -0.39 is 17.7 Å². The van der Waals surface area contributed by atoms with Crippen molar-refractivity contribution >= 4 is 27.8 Å². The van der Waals surface area contributed by atoms with Crippen LogP contribution in [-0.4, -0.2) is 37.7 Å². The van der Waals surface area contributed by atoms with Crippen LogP contribution in [0.1, 0.15) is 23.2 Å². The zero-order valence-corrected chi connectivity index (χ0v) is 12.8. The first-order chi connectivity index (χ1) is 10.1. The predicted octanol–water partition coefficient (Wildman–Crippen LogP) is 2.04. The highest BCUT2D eigenvalue weighted by atomic mass is 79.9. The second-order valence-electron chi connectivity index (χ2n) is 4.64. The van der Waals surface area contributed by atoms with Crippen molar-refractivity contribution in [2.45, 2.75) is 18.9 Å². The highest BCUT2D eigenvalue weighted by molar-refractivity contribution is 9.10. The van der Waals surface area contributed by atoms with Crippen LogP contribution in [0.5, 0.6) is 0 Å². The van der Waals surface area contributed by atoms with Gasteiger partial charge in [0.25, 0.3) is 5.91 Å². The van der Waals surface area contributed by atoms with Crippen molar-refractivity contribution in [1.29, 1.82) is 0 Å². The molecule has 114 valence electrons. The fraction of sp³-hybridized carbons (Fsp3) is 0.429. The van der Waals surface area contributed by atoms with Gasteiger partial charge in [0, 0.05) is 17.6 Å². The molecule has 0 unspecified atom stereocenters. The number of rotatable bonds is 5. The fourth-order valence-electron chi connectivity index (χ4n) is 1.95. The Morgan fingerprint density at radius 1 is 1.48 bits per heavy atom. The minimum Gasteiger partial charge on any atom is -0.452 e. The van der Waals surface area contributed by atoms with Crippen LogP contribution in [0.2, 0.25) is 0 Å². The summed E-state index contributed by atoms with van der Waals surface area (Å²) in [7, 11) is 0. The minimum atomic E-state index is -0.686. The smallest absolute Gasteiger partial charge is 0.339 e. The largest absolute Gasteiger partial charge is 0.452 e. The van der Waals surface area contributed by atoms with Gasteiger partial charge in [0.05, 0.1) is 11.7 Å². The molecule has 1 aliphatic rings. The molecule has 1 aromatic rings. The number of carbonyl (C=O) groups excluding carboxylic acids is 2. The summed E-state index contributed by atoms with van der Waals surface area (Å²) in [5.41, 5.74) is 0.170. The molecule has 21 heavy (non-hydrogen) atoms. The standard InChI is InChI=1S/C14H15BrFNO4/c15-12-6-9(16)3-4-11(12)14(19)21-8-13(18)17-7-10-2-1-5-20-10/h3-4,6,10H,1-2,5,7-8H2,(H,17,18)/t10-/m0/s1. The lowest BCUT2D eigenvalue weighted by Gasteiger charge is -2.11. The molecule has 0 radical (unpaired) electrons. The van der Waals surface area contributed by atoms with E-state index in [1.54, 1.807) is 0 Å². The number of carbonyl (C=O) groups is 2. The summed E-state index contributed by atoms with van der Waals surface area (Å²) >= 11 is 3.07. The van der Waals surface area contributed by atoms with Gasteiger partial charge in [0.1, 0.15) is 5.82 Å². The summed E-state index contributed by atoms with van der Waals surface area (Å²) in [4.78, 5) is 23.3. The van der Waals surface area contributed by atoms with Gasteiger partial charge in [0.15, 0.2) is 6.61 Å². The van der Waals surface area contributed by atoms with Crippen LogP contribution >= 0.6 is 15.9 Å². The van der Waals surface area contributed by atoms with Crippen molar-refractivity contribution in [3.05, 3.63) is 34.1 Å². The van der Waals surface area contributed by atoms with E-state index in [0.29, 0.717) is 13.2 Å². The van der Waals surface area contributed by atoms with E-state index in [1.807, 2.05) is 0 Å². The van der Waals surface area contributed by atoms with Gasteiger partial charge in [0.2, 0.25) is 0 Å². The Hall–Kier alpha value is -1.47. The van der Waals surface area contributed by atoms with Crippen molar-refractivity contribution in [1.82, 2.24) is 5.32 Å². The molecule has 1 atom stereocenters. The zero-order chi connectivity index (χ0) is 15.2. The van der Waals surface area contributed by atoms with E-state index in [0.717, 1.165) is 25.0 Å². The Labute approximate surface area is 129 Å². The van der Waals surface area contributed by atoms with E-state index in [-0.39, 0.29) is 22.7 Å². The highest BCUT2D eigenvalue weighted by Crippen LogP contribution is 2.18. The van der Waals surface area contributed by atoms with E-state index in [9.17, 15) is 14.0 Å². The number of amides is 1. The summed E-state index contributed by atoms with van der Waals surface area (Å²) in [6, 6.07) is 3.61. The Morgan fingerprint density at radius 2 is 2.29 bits per heavy atom. The molecule has 1 fully saturated rings. The van der Waals surface area contributed by atoms with E-state index in [2.05, 4.69) is 21.2 Å². The van der Waals surface area contributed by atoms with Crippen LogP contribution in [-0.2, 0) is 14.3 Å². The maximum absolute atomic E-state index is 12.9. The van der Waals surface area contributed by atoms with Crippen molar-refractivity contribution in [3.8, 4) is 0 Å². The number of ether oxygens (including phenoxy) is 2. The number of hydrogen-bond donors (Lipinski definition) is 1. The number of nitrogens with one attached hydrogen (secondary N) is 1. The van der Waals surface area contributed by atoms with Crippen LogP contribution in [0.15, 0.2) is 22.7 Å². The molecular formula is C14H15BrFNO4.